The van der Waals surface area contributed by atoms with Gasteiger partial charge >= 0.3 is 12.1 Å². The van der Waals surface area contributed by atoms with Crippen molar-refractivity contribution in [2.75, 3.05) is 26.3 Å². The second kappa shape index (κ2) is 16.6. The lowest BCUT2D eigenvalue weighted by atomic mass is 9.68. The summed E-state index contributed by atoms with van der Waals surface area (Å²) in [5.74, 6) is 0.245. The number of carbonyl (C=O) groups is 4. The molecule has 0 radical (unpaired) electrons. The van der Waals surface area contributed by atoms with Crippen molar-refractivity contribution in [2.45, 2.75) is 172 Å². The number of β-amino-alcohol motifs (C(OH)–C–C–N with tert-alkyl or cyclic N) is 2. The maximum absolute atomic E-state index is 13.8. The van der Waals surface area contributed by atoms with Gasteiger partial charge in [0.05, 0.1) is 13.1 Å². The molecule has 16 nitrogen and oxygen atoms in total. The Kier molecular flexibility index (Phi) is 12.7. The first-order valence-electron chi connectivity index (χ1n) is 22.0. The summed E-state index contributed by atoms with van der Waals surface area (Å²) in [5, 5.41) is 48.8. The Morgan fingerprint density at radius 1 is 0.556 bits per heavy atom. The molecule has 6 N–H and O–H groups in total. The number of aliphatic hydroxyl groups excluding tert-OH is 4. The topological polar surface area (TPSA) is 205 Å². The first-order valence-corrected chi connectivity index (χ1v) is 22.0. The summed E-state index contributed by atoms with van der Waals surface area (Å²) in [7, 11) is 0. The monoisotopic (exact) mass is 879 g/mol. The highest BCUT2D eigenvalue weighted by molar-refractivity contribution is 6.08. The number of imide groups is 2. The van der Waals surface area contributed by atoms with E-state index in [0.717, 1.165) is 20.9 Å². The van der Waals surface area contributed by atoms with Gasteiger partial charge in [-0.3, -0.25) is 29.2 Å². The van der Waals surface area contributed by atoms with E-state index in [-0.39, 0.29) is 38.1 Å². The van der Waals surface area contributed by atoms with Gasteiger partial charge in [-0.1, -0.05) is 38.1 Å². The molecule has 0 aromatic heterocycles. The number of rotatable bonds is 14. The number of carbonyl (C=O) groups excluding carboxylic acids is 4. The number of piperidine rings is 2. The number of benzene rings is 2. The fourth-order valence-corrected chi connectivity index (χ4v) is 12.3. The number of ether oxygens (including phenoxy) is 2. The molecule has 2 spiro atoms. The molecule has 348 valence electrons. The Morgan fingerprint density at radius 2 is 0.841 bits per heavy atom. The minimum atomic E-state index is -1.15. The maximum atomic E-state index is 13.8. The number of nitrogens with one attached hydrogen (secondary N) is 2. The minimum Gasteiger partial charge on any atom is -0.491 e. The van der Waals surface area contributed by atoms with Crippen molar-refractivity contribution in [3.05, 3.63) is 59.7 Å². The third kappa shape index (κ3) is 9.17. The summed E-state index contributed by atoms with van der Waals surface area (Å²) in [4.78, 5) is 60.0. The van der Waals surface area contributed by atoms with Crippen LogP contribution in [0.1, 0.15) is 120 Å². The zero-order chi connectivity index (χ0) is 46.9. The highest BCUT2D eigenvalue weighted by atomic mass is 16.5. The standard InChI is InChI=1S/C47H70N6O10/c1-29(54)52-41(3,4)25-46(26-42(52,5)6)37(58)50(39(60)48-46)21-33(56)23-62-35-17-13-31(14-18-35)45(11,12)32-15-19-36(20-16-32)63-24-34(57)22-51-38(59)47(49-40(51)61)27-43(7,8)53(30(2)55)44(9,10)28-47/h13-20,29-30,33-34,54-57H,21-28H2,1-12H3,(H,48,60)(H,49,61). The largest absolute Gasteiger partial charge is 0.491 e. The van der Waals surface area contributed by atoms with Crippen molar-refractivity contribution >= 4 is 23.9 Å². The van der Waals surface area contributed by atoms with Crippen LogP contribution in [-0.4, -0.2) is 148 Å². The lowest BCUT2D eigenvalue weighted by molar-refractivity contribution is -0.162. The second-order valence-electron chi connectivity index (χ2n) is 21.4. The highest BCUT2D eigenvalue weighted by Crippen LogP contribution is 2.48. The molecule has 4 unspecified atom stereocenters. The molecule has 0 saturated carbocycles. The number of hydrogen-bond acceptors (Lipinski definition) is 12. The molecule has 4 aliphatic heterocycles. The van der Waals surface area contributed by atoms with Gasteiger partial charge in [-0.15, -0.1) is 0 Å². The number of nitrogens with zero attached hydrogens (tertiary/aromatic N) is 4. The maximum Gasteiger partial charge on any atom is 0.325 e. The minimum absolute atomic E-state index is 0.140. The number of hydrogen-bond donors (Lipinski definition) is 6. The SMILES string of the molecule is CC(O)N1C(C)(C)CC2(CC1(C)C)NC(=O)N(CC(O)COc1ccc(C(C)(C)c3ccc(OCC(O)CN4C(=O)NC5(CC(C)(C)N(C(C)O)C(C)(C)C5)C4=O)cc3)cc1)C2=O. The molecule has 6 amide bonds. The van der Waals surface area contributed by atoms with E-state index >= 15 is 0 Å². The molecule has 4 saturated heterocycles. The predicted molar refractivity (Wildman–Crippen MR) is 236 cm³/mol. The van der Waals surface area contributed by atoms with E-state index in [1.54, 1.807) is 38.1 Å². The van der Waals surface area contributed by atoms with Crippen LogP contribution in [0.5, 0.6) is 11.5 Å². The molecule has 0 bridgehead atoms. The fourth-order valence-electron chi connectivity index (χ4n) is 12.3. The van der Waals surface area contributed by atoms with Crippen molar-refractivity contribution in [3.8, 4) is 11.5 Å². The van der Waals surface area contributed by atoms with Gasteiger partial charge in [0.25, 0.3) is 11.8 Å². The van der Waals surface area contributed by atoms with Crippen LogP contribution in [0.3, 0.4) is 0 Å². The summed E-state index contributed by atoms with van der Waals surface area (Å²) >= 11 is 0. The van der Waals surface area contributed by atoms with Gasteiger partial charge in [-0.05, 0) is 130 Å². The van der Waals surface area contributed by atoms with Crippen molar-refractivity contribution in [3.63, 3.8) is 0 Å². The number of urea groups is 2. The van der Waals surface area contributed by atoms with E-state index < -0.39 is 75.4 Å². The Bertz CT molecular complexity index is 1870. The van der Waals surface area contributed by atoms with E-state index in [4.69, 9.17) is 9.47 Å². The quantitative estimate of drug-likeness (QED) is 0.149. The molecule has 4 heterocycles. The summed E-state index contributed by atoms with van der Waals surface area (Å²) in [6.45, 7) is 22.4. The first kappa shape index (κ1) is 48.1. The van der Waals surface area contributed by atoms with Crippen LogP contribution in [-0.2, 0) is 15.0 Å². The van der Waals surface area contributed by atoms with Crippen LogP contribution in [0.2, 0.25) is 0 Å². The predicted octanol–water partition coefficient (Wildman–Crippen LogP) is 4.06. The van der Waals surface area contributed by atoms with Gasteiger partial charge in [-0.25, -0.2) is 9.59 Å². The fraction of sp³-hybridized carbons (Fsp3) is 0.660. The van der Waals surface area contributed by atoms with Crippen molar-refractivity contribution in [1.29, 1.82) is 0 Å². The lowest BCUT2D eigenvalue weighted by Gasteiger charge is -2.58. The van der Waals surface area contributed by atoms with Crippen LogP contribution < -0.4 is 20.1 Å². The Balaban J connectivity index is 0.991. The van der Waals surface area contributed by atoms with Crippen LogP contribution in [0, 0.1) is 0 Å². The molecule has 0 aliphatic carbocycles. The van der Waals surface area contributed by atoms with Crippen LogP contribution in [0.15, 0.2) is 48.5 Å². The van der Waals surface area contributed by atoms with E-state index in [1.165, 1.54) is 0 Å². The molecule has 2 aromatic rings. The summed E-state index contributed by atoms with van der Waals surface area (Å²) in [5.41, 5.74) is -3.12. The molecular formula is C47H70N6O10. The zero-order valence-corrected chi connectivity index (χ0v) is 39.1. The van der Waals surface area contributed by atoms with Crippen LogP contribution in [0.25, 0.3) is 0 Å². The van der Waals surface area contributed by atoms with Gasteiger partial charge in [-0.2, -0.15) is 0 Å². The van der Waals surface area contributed by atoms with E-state index in [9.17, 15) is 39.6 Å². The van der Waals surface area contributed by atoms with E-state index in [2.05, 4.69) is 24.5 Å². The molecule has 4 aliphatic rings. The number of amides is 6. The molecule has 63 heavy (non-hydrogen) atoms. The van der Waals surface area contributed by atoms with Crippen LogP contribution >= 0.6 is 0 Å². The second-order valence-corrected chi connectivity index (χ2v) is 21.4. The smallest absolute Gasteiger partial charge is 0.325 e. The number of aliphatic hydroxyl groups is 4. The van der Waals surface area contributed by atoms with E-state index in [1.807, 2.05) is 89.5 Å². The highest BCUT2D eigenvalue weighted by Gasteiger charge is 2.63. The Hall–Kier alpha value is -4.32. The molecule has 4 fully saturated rings. The van der Waals surface area contributed by atoms with Gasteiger partial charge < -0.3 is 40.5 Å². The Morgan fingerprint density at radius 3 is 1.11 bits per heavy atom. The van der Waals surface area contributed by atoms with E-state index in [0.29, 0.717) is 37.2 Å². The van der Waals surface area contributed by atoms with Gasteiger partial charge in [0, 0.05) is 27.6 Å². The average molecular weight is 879 g/mol. The van der Waals surface area contributed by atoms with Gasteiger partial charge in [0.15, 0.2) is 0 Å². The van der Waals surface area contributed by atoms with Crippen molar-refractivity contribution < 1.29 is 49.1 Å². The third-order valence-corrected chi connectivity index (χ3v) is 13.6. The molecule has 6 rings (SSSR count). The molecule has 16 heteroatoms. The van der Waals surface area contributed by atoms with Gasteiger partial charge in [0.1, 0.15) is 60.5 Å². The van der Waals surface area contributed by atoms with Crippen molar-refractivity contribution in [1.82, 2.24) is 30.2 Å². The lowest BCUT2D eigenvalue weighted by Crippen LogP contribution is -2.71. The summed E-state index contributed by atoms with van der Waals surface area (Å²) < 4.78 is 11.8. The first-order chi connectivity index (χ1) is 29.0. The Labute approximate surface area is 371 Å². The number of likely N-dealkylation sites (tertiary alicyclic amines) is 2. The van der Waals surface area contributed by atoms with Gasteiger partial charge in [0.2, 0.25) is 0 Å². The normalized spacial score (nSPS) is 24.6. The van der Waals surface area contributed by atoms with Crippen LogP contribution in [0.4, 0.5) is 9.59 Å². The zero-order valence-electron chi connectivity index (χ0n) is 39.1. The molecule has 4 atom stereocenters. The molecule has 2 aromatic carbocycles. The summed E-state index contributed by atoms with van der Waals surface area (Å²) in [6.07, 6.45) is -2.51. The summed E-state index contributed by atoms with van der Waals surface area (Å²) in [6, 6.07) is 13.8. The average Bonchev–Trinajstić information content (AvgIpc) is 3.47. The molecular weight excluding hydrogens is 809 g/mol. The van der Waals surface area contributed by atoms with Crippen molar-refractivity contribution in [2.24, 2.45) is 0 Å². The third-order valence-electron chi connectivity index (χ3n) is 13.6.